The van der Waals surface area contributed by atoms with Gasteiger partial charge in [0.25, 0.3) is 0 Å². The molecule has 3 aliphatic rings. The van der Waals surface area contributed by atoms with E-state index in [1.54, 1.807) is 42.7 Å². The van der Waals surface area contributed by atoms with Crippen molar-refractivity contribution < 1.29 is 28.4 Å². The van der Waals surface area contributed by atoms with Gasteiger partial charge >= 0.3 is 0 Å². The minimum absolute atomic E-state index is 0.00872. The quantitative estimate of drug-likeness (QED) is 0.0650. The monoisotopic (exact) mass is 903 g/mol. The fourth-order valence-corrected chi connectivity index (χ4v) is 8.97. The molecule has 7 heteroatoms. The zero-order chi connectivity index (χ0) is 42.6. The molecule has 0 aliphatic heterocycles. The summed E-state index contributed by atoms with van der Waals surface area (Å²) >= 11 is 2.15. The summed E-state index contributed by atoms with van der Waals surface area (Å²) < 4.78 is 31.5. The Labute approximate surface area is 361 Å². The van der Waals surface area contributed by atoms with Crippen LogP contribution in [0.25, 0.3) is 0 Å². The molecule has 56 heavy (non-hydrogen) atoms. The van der Waals surface area contributed by atoms with E-state index >= 15 is 0 Å². The predicted octanol–water partition coefficient (Wildman–Crippen LogP) is 14.2. The van der Waals surface area contributed by atoms with Crippen LogP contribution in [0.15, 0.2) is 47.1 Å². The molecule has 6 nitrogen and oxygen atoms in total. The largest absolute Gasteiger partial charge is 0.356 e. The van der Waals surface area contributed by atoms with E-state index in [1.807, 2.05) is 4.93 Å². The number of methoxy groups -OCH3 is 6. The fraction of sp³-hybridized carbons (Fsp3) is 0.837. The molecule has 0 aromatic carbocycles. The average molecular weight is 903 g/mol. The lowest BCUT2D eigenvalue weighted by Crippen LogP contribution is -2.25. The van der Waals surface area contributed by atoms with Crippen molar-refractivity contribution in [2.45, 2.75) is 171 Å². The highest BCUT2D eigenvalue weighted by Crippen LogP contribution is 2.39. The van der Waals surface area contributed by atoms with E-state index in [2.05, 4.69) is 103 Å². The van der Waals surface area contributed by atoms with E-state index in [0.717, 1.165) is 85.9 Å². The van der Waals surface area contributed by atoms with Crippen LogP contribution in [0.1, 0.15) is 152 Å². The molecule has 0 amide bonds. The molecule has 0 aromatic rings. The number of hydrogen-bond acceptors (Lipinski definition) is 6. The third-order valence-electron chi connectivity index (χ3n) is 11.8. The molecule has 330 valence electrons. The summed E-state index contributed by atoms with van der Waals surface area (Å²) in [7, 11) is 10.2. The van der Waals surface area contributed by atoms with Gasteiger partial charge in [-0.3, -0.25) is 0 Å². The third kappa shape index (κ3) is 24.5. The van der Waals surface area contributed by atoms with Crippen LogP contribution in [0.4, 0.5) is 0 Å². The van der Waals surface area contributed by atoms with Gasteiger partial charge in [0.15, 0.2) is 18.9 Å². The van der Waals surface area contributed by atoms with Gasteiger partial charge in [-0.15, -0.1) is 0 Å². The normalized spacial score (nSPS) is 22.6. The Kier molecular flexibility index (Phi) is 32.9. The number of hydrogen-bond donors (Lipinski definition) is 0. The van der Waals surface area contributed by atoms with Crippen molar-refractivity contribution in [1.82, 2.24) is 0 Å². The predicted molar refractivity (Wildman–Crippen MR) is 249 cm³/mol. The minimum Gasteiger partial charge on any atom is -0.356 e. The maximum atomic E-state index is 5.28. The third-order valence-corrected chi connectivity index (χ3v) is 11.8. The first-order valence-electron chi connectivity index (χ1n) is 22.0. The summed E-state index contributed by atoms with van der Waals surface area (Å²) in [4.78, 5) is 1.97. The maximum Gasteiger partial charge on any atom is 0.157 e. The molecular formula is C49H91IO6. The Balaban J connectivity index is 0.000000792. The molecule has 5 unspecified atom stereocenters. The standard InChI is InChI=1S/C16H32O2.2C16H28O2.CH3I/c3*1-12(2)10-14-6-7-15(13(3)11-14)8-9-16(17-4)18-5;1-2/h12-16H,6-11H2,1-5H3;7,11-12,14,16H,6,8-10H2,1-5H3;7,12,14,16H,3,6,8-11H2,1-2,4-5H3;1H3. The topological polar surface area (TPSA) is 55.4 Å². The van der Waals surface area contributed by atoms with Crippen molar-refractivity contribution in [3.8, 4) is 0 Å². The average Bonchev–Trinajstić information content (AvgIpc) is 3.15. The second-order valence-corrected chi connectivity index (χ2v) is 17.9. The number of ether oxygens (including phenoxy) is 6. The molecular weight excluding hydrogens is 811 g/mol. The van der Waals surface area contributed by atoms with E-state index in [1.165, 1.54) is 80.1 Å². The Morgan fingerprint density at radius 3 is 1.55 bits per heavy atom. The summed E-state index contributed by atoms with van der Waals surface area (Å²) in [6, 6.07) is 0. The van der Waals surface area contributed by atoms with Crippen LogP contribution in [-0.2, 0) is 28.4 Å². The molecule has 0 spiro atoms. The van der Waals surface area contributed by atoms with Gasteiger partial charge in [-0.1, -0.05) is 113 Å². The van der Waals surface area contributed by atoms with E-state index < -0.39 is 0 Å². The highest BCUT2D eigenvalue weighted by molar-refractivity contribution is 14.1. The van der Waals surface area contributed by atoms with Crippen molar-refractivity contribution >= 4 is 22.6 Å². The van der Waals surface area contributed by atoms with Gasteiger partial charge in [-0.2, -0.15) is 0 Å². The van der Waals surface area contributed by atoms with Crippen LogP contribution in [0, 0.1) is 47.3 Å². The molecule has 0 aromatic heterocycles. The molecule has 1 fully saturated rings. The molecule has 0 bridgehead atoms. The van der Waals surface area contributed by atoms with E-state index in [4.69, 9.17) is 28.4 Å². The van der Waals surface area contributed by atoms with Crippen molar-refractivity contribution in [2.75, 3.05) is 47.6 Å². The Morgan fingerprint density at radius 2 is 1.11 bits per heavy atom. The van der Waals surface area contributed by atoms with Crippen molar-refractivity contribution in [3.63, 3.8) is 0 Å². The van der Waals surface area contributed by atoms with Crippen LogP contribution in [0.3, 0.4) is 0 Å². The number of rotatable bonds is 21. The Morgan fingerprint density at radius 1 is 0.643 bits per heavy atom. The highest BCUT2D eigenvalue weighted by atomic mass is 127. The molecule has 0 heterocycles. The molecule has 0 N–H and O–H groups in total. The number of halogens is 1. The van der Waals surface area contributed by atoms with Crippen LogP contribution in [0.2, 0.25) is 0 Å². The Hall–Kier alpha value is -0.550. The van der Waals surface area contributed by atoms with Gasteiger partial charge in [-0.25, -0.2) is 0 Å². The van der Waals surface area contributed by atoms with Gasteiger partial charge < -0.3 is 28.4 Å². The number of allylic oxidation sites excluding steroid dienone is 7. The summed E-state index contributed by atoms with van der Waals surface area (Å²) in [5.41, 5.74) is 5.64. The number of alkyl halides is 1. The van der Waals surface area contributed by atoms with Crippen LogP contribution in [-0.4, -0.2) is 66.5 Å². The second kappa shape index (κ2) is 33.2. The fourth-order valence-electron chi connectivity index (χ4n) is 8.97. The lowest BCUT2D eigenvalue weighted by molar-refractivity contribution is -0.110. The van der Waals surface area contributed by atoms with Crippen LogP contribution in [0.5, 0.6) is 0 Å². The first-order valence-corrected chi connectivity index (χ1v) is 24.1. The van der Waals surface area contributed by atoms with Gasteiger partial charge in [0, 0.05) is 55.5 Å². The van der Waals surface area contributed by atoms with Gasteiger partial charge in [0.1, 0.15) is 0 Å². The van der Waals surface area contributed by atoms with Crippen molar-refractivity contribution in [1.29, 1.82) is 0 Å². The highest BCUT2D eigenvalue weighted by Gasteiger charge is 2.28. The van der Waals surface area contributed by atoms with Crippen molar-refractivity contribution in [2.24, 2.45) is 47.3 Å². The molecule has 1 saturated carbocycles. The second-order valence-electron chi connectivity index (χ2n) is 17.9. The van der Waals surface area contributed by atoms with Crippen LogP contribution >= 0.6 is 22.6 Å². The first kappa shape index (κ1) is 55.5. The minimum atomic E-state index is -0.0907. The lowest BCUT2D eigenvalue weighted by Gasteiger charge is -2.35. The van der Waals surface area contributed by atoms with Gasteiger partial charge in [0.05, 0.1) is 0 Å². The maximum absolute atomic E-state index is 5.28. The smallest absolute Gasteiger partial charge is 0.157 e. The zero-order valence-electron chi connectivity index (χ0n) is 39.2. The van der Waals surface area contributed by atoms with Gasteiger partial charge in [-0.05, 0) is 147 Å². The molecule has 5 atom stereocenters. The summed E-state index contributed by atoms with van der Waals surface area (Å²) in [6.07, 6.45) is 25.1. The van der Waals surface area contributed by atoms with E-state index in [9.17, 15) is 0 Å². The lowest BCUT2D eigenvalue weighted by atomic mass is 9.71. The molecule has 0 saturated heterocycles. The molecule has 0 radical (unpaired) electrons. The summed E-state index contributed by atoms with van der Waals surface area (Å²) in [6.45, 7) is 22.8. The van der Waals surface area contributed by atoms with E-state index in [0.29, 0.717) is 0 Å². The molecule has 3 rings (SSSR count). The SMILES string of the molecule is C=C1CC(CC(C)C)CC=C1CCC(OC)OC.CI.COC(CCC1=CCC(CC(C)C)C=C1C)OC.COC(CCC1CCC(CC(C)C)CC1C)OC. The van der Waals surface area contributed by atoms with E-state index in [-0.39, 0.29) is 18.9 Å². The first-order chi connectivity index (χ1) is 26.7. The van der Waals surface area contributed by atoms with Gasteiger partial charge in [0.2, 0.25) is 0 Å². The zero-order valence-corrected chi connectivity index (χ0v) is 41.4. The summed E-state index contributed by atoms with van der Waals surface area (Å²) in [5, 5.41) is 0. The molecule has 3 aliphatic carbocycles. The Bertz CT molecular complexity index is 1050. The van der Waals surface area contributed by atoms with Crippen LogP contribution < -0.4 is 0 Å². The summed E-state index contributed by atoms with van der Waals surface area (Å²) in [5.74, 6) is 6.65. The van der Waals surface area contributed by atoms with Crippen molar-refractivity contribution in [3.05, 3.63) is 47.1 Å².